The first-order chi connectivity index (χ1) is 7.13. The molecule has 0 bridgehead atoms. The fraction of sp³-hybridized carbons (Fsp3) is 0.909. The van der Waals surface area contributed by atoms with Gasteiger partial charge in [0.15, 0.2) is 0 Å². The number of carboxylic acids is 1. The molecule has 88 valence electrons. The molecular formula is C11H21NO3. The second kappa shape index (κ2) is 6.08. The number of nitrogens with one attached hydrogen (secondary N) is 1. The molecule has 3 N–H and O–H groups in total. The molecule has 0 spiro atoms. The Hall–Kier alpha value is -0.610. The molecule has 4 heteroatoms. The minimum Gasteiger partial charge on any atom is -0.481 e. The molecule has 15 heavy (non-hydrogen) atoms. The van der Waals surface area contributed by atoms with Gasteiger partial charge in [-0.2, -0.15) is 0 Å². The predicted octanol–water partition coefficient (Wildman–Crippen LogP) is 0.848. The number of carbonyl (C=O) groups is 1. The van der Waals surface area contributed by atoms with E-state index in [0.29, 0.717) is 11.8 Å². The van der Waals surface area contributed by atoms with E-state index in [1.54, 1.807) is 0 Å². The Balaban J connectivity index is 2.21. The van der Waals surface area contributed by atoms with Crippen LogP contribution in [0.1, 0.15) is 32.6 Å². The molecule has 0 heterocycles. The molecule has 1 saturated carbocycles. The lowest BCUT2D eigenvalue weighted by Gasteiger charge is -2.20. The molecule has 0 aromatic carbocycles. The van der Waals surface area contributed by atoms with Crippen molar-refractivity contribution in [2.75, 3.05) is 13.2 Å². The summed E-state index contributed by atoms with van der Waals surface area (Å²) >= 11 is 0. The zero-order valence-corrected chi connectivity index (χ0v) is 9.28. The Bertz CT molecular complexity index is 208. The molecule has 0 amide bonds. The zero-order chi connectivity index (χ0) is 11.3. The Morgan fingerprint density at radius 3 is 2.73 bits per heavy atom. The van der Waals surface area contributed by atoms with Crippen LogP contribution in [0, 0.1) is 11.8 Å². The fourth-order valence-corrected chi connectivity index (χ4v) is 2.31. The number of aliphatic hydroxyl groups is 1. The predicted molar refractivity (Wildman–Crippen MR) is 57.6 cm³/mol. The van der Waals surface area contributed by atoms with Crippen LogP contribution in [0.4, 0.5) is 0 Å². The quantitative estimate of drug-likeness (QED) is 0.614. The highest BCUT2D eigenvalue weighted by atomic mass is 16.4. The zero-order valence-electron chi connectivity index (χ0n) is 9.28. The van der Waals surface area contributed by atoms with E-state index in [-0.39, 0.29) is 19.1 Å². The van der Waals surface area contributed by atoms with Crippen LogP contribution in [0.15, 0.2) is 0 Å². The molecule has 1 aliphatic rings. The van der Waals surface area contributed by atoms with Crippen LogP contribution in [0.3, 0.4) is 0 Å². The molecule has 0 aromatic heterocycles. The summed E-state index contributed by atoms with van der Waals surface area (Å²) in [6.07, 6.45) is 3.61. The fourth-order valence-electron chi connectivity index (χ4n) is 2.31. The van der Waals surface area contributed by atoms with E-state index in [1.807, 2.05) is 6.92 Å². The molecule has 0 saturated heterocycles. The van der Waals surface area contributed by atoms with E-state index in [1.165, 1.54) is 6.42 Å². The van der Waals surface area contributed by atoms with Crippen molar-refractivity contribution in [1.82, 2.24) is 5.32 Å². The van der Waals surface area contributed by atoms with Gasteiger partial charge in [-0.1, -0.05) is 6.42 Å². The van der Waals surface area contributed by atoms with E-state index < -0.39 is 5.97 Å². The summed E-state index contributed by atoms with van der Waals surface area (Å²) in [5, 5.41) is 20.9. The summed E-state index contributed by atoms with van der Waals surface area (Å²) in [5.41, 5.74) is 0. The smallest absolute Gasteiger partial charge is 0.304 e. The minimum atomic E-state index is -0.764. The van der Waals surface area contributed by atoms with E-state index in [0.717, 1.165) is 19.4 Å². The van der Waals surface area contributed by atoms with Gasteiger partial charge in [-0.05, 0) is 38.1 Å². The third-order valence-corrected chi connectivity index (χ3v) is 3.26. The van der Waals surface area contributed by atoms with Gasteiger partial charge in [0, 0.05) is 12.6 Å². The van der Waals surface area contributed by atoms with Crippen molar-refractivity contribution in [2.45, 2.75) is 38.6 Å². The molecule has 1 fully saturated rings. The van der Waals surface area contributed by atoms with Gasteiger partial charge in [0.25, 0.3) is 0 Å². The number of carboxylic acid groups (broad SMARTS) is 1. The molecule has 4 nitrogen and oxygen atoms in total. The summed E-state index contributed by atoms with van der Waals surface area (Å²) in [6.45, 7) is 2.98. The van der Waals surface area contributed by atoms with Crippen molar-refractivity contribution in [2.24, 2.45) is 11.8 Å². The van der Waals surface area contributed by atoms with Gasteiger partial charge in [-0.3, -0.25) is 4.79 Å². The SMILES string of the molecule is CC(CC(=O)O)NCC1CCCC1CO. The van der Waals surface area contributed by atoms with Crippen LogP contribution in [0.25, 0.3) is 0 Å². The van der Waals surface area contributed by atoms with Crippen LogP contribution in [-0.4, -0.2) is 35.4 Å². The van der Waals surface area contributed by atoms with Crippen LogP contribution in [0.5, 0.6) is 0 Å². The maximum Gasteiger partial charge on any atom is 0.304 e. The van der Waals surface area contributed by atoms with E-state index in [2.05, 4.69) is 5.32 Å². The average Bonchev–Trinajstić information content (AvgIpc) is 2.60. The van der Waals surface area contributed by atoms with Crippen molar-refractivity contribution >= 4 is 5.97 Å². The van der Waals surface area contributed by atoms with Gasteiger partial charge in [0.2, 0.25) is 0 Å². The monoisotopic (exact) mass is 215 g/mol. The summed E-state index contributed by atoms with van der Waals surface area (Å²) in [6, 6.07) is 0.0162. The van der Waals surface area contributed by atoms with Crippen molar-refractivity contribution in [1.29, 1.82) is 0 Å². The first-order valence-electron chi connectivity index (χ1n) is 5.69. The van der Waals surface area contributed by atoms with E-state index in [9.17, 15) is 4.79 Å². The van der Waals surface area contributed by atoms with Crippen LogP contribution >= 0.6 is 0 Å². The normalized spacial score (nSPS) is 27.9. The van der Waals surface area contributed by atoms with Gasteiger partial charge in [0.1, 0.15) is 0 Å². The Kier molecular flexibility index (Phi) is 5.05. The second-order valence-electron chi connectivity index (χ2n) is 4.54. The van der Waals surface area contributed by atoms with Gasteiger partial charge in [-0.15, -0.1) is 0 Å². The van der Waals surface area contributed by atoms with Gasteiger partial charge >= 0.3 is 5.97 Å². The third-order valence-electron chi connectivity index (χ3n) is 3.26. The molecule has 3 atom stereocenters. The Labute approximate surface area is 90.7 Å². The third kappa shape index (κ3) is 4.18. The number of hydrogen-bond acceptors (Lipinski definition) is 3. The van der Waals surface area contributed by atoms with Crippen molar-refractivity contribution in [3.8, 4) is 0 Å². The topological polar surface area (TPSA) is 69.6 Å². The number of aliphatic carboxylic acids is 1. The minimum absolute atomic E-state index is 0.0162. The van der Waals surface area contributed by atoms with Gasteiger partial charge < -0.3 is 15.5 Å². The summed E-state index contributed by atoms with van der Waals surface area (Å²) in [7, 11) is 0. The Morgan fingerprint density at radius 1 is 1.47 bits per heavy atom. The first kappa shape index (κ1) is 12.5. The molecule has 1 aliphatic carbocycles. The number of aliphatic hydroxyl groups excluding tert-OH is 1. The first-order valence-corrected chi connectivity index (χ1v) is 5.69. The highest BCUT2D eigenvalue weighted by Gasteiger charge is 2.26. The molecule has 0 aromatic rings. The van der Waals surface area contributed by atoms with Crippen LogP contribution < -0.4 is 5.32 Å². The maximum atomic E-state index is 10.4. The highest BCUT2D eigenvalue weighted by molar-refractivity contribution is 5.67. The summed E-state index contributed by atoms with van der Waals surface area (Å²) < 4.78 is 0. The lowest BCUT2D eigenvalue weighted by molar-refractivity contribution is -0.137. The largest absolute Gasteiger partial charge is 0.481 e. The number of hydrogen-bond donors (Lipinski definition) is 3. The van der Waals surface area contributed by atoms with Crippen molar-refractivity contribution in [3.63, 3.8) is 0 Å². The maximum absolute atomic E-state index is 10.4. The van der Waals surface area contributed by atoms with E-state index in [4.69, 9.17) is 10.2 Å². The molecule has 0 radical (unpaired) electrons. The second-order valence-corrected chi connectivity index (χ2v) is 4.54. The molecule has 1 rings (SSSR count). The highest BCUT2D eigenvalue weighted by Crippen LogP contribution is 2.30. The summed E-state index contributed by atoms with van der Waals surface area (Å²) in [5.74, 6) is 0.168. The standard InChI is InChI=1S/C11H21NO3/c1-8(5-11(14)15)12-6-9-3-2-4-10(9)7-13/h8-10,12-13H,2-7H2,1H3,(H,14,15). The van der Waals surface area contributed by atoms with Gasteiger partial charge in [-0.25, -0.2) is 0 Å². The lowest BCUT2D eigenvalue weighted by atomic mass is 9.96. The molecule has 3 unspecified atom stereocenters. The number of rotatable bonds is 6. The van der Waals surface area contributed by atoms with E-state index >= 15 is 0 Å². The lowest BCUT2D eigenvalue weighted by Crippen LogP contribution is -2.34. The molecule has 0 aliphatic heterocycles. The summed E-state index contributed by atoms with van der Waals surface area (Å²) in [4.78, 5) is 10.4. The van der Waals surface area contributed by atoms with Crippen molar-refractivity contribution < 1.29 is 15.0 Å². The Morgan fingerprint density at radius 2 is 2.13 bits per heavy atom. The average molecular weight is 215 g/mol. The van der Waals surface area contributed by atoms with Crippen LogP contribution in [0.2, 0.25) is 0 Å². The van der Waals surface area contributed by atoms with Gasteiger partial charge in [0.05, 0.1) is 6.42 Å². The molecular weight excluding hydrogens is 194 g/mol. The van der Waals surface area contributed by atoms with Crippen LogP contribution in [-0.2, 0) is 4.79 Å². The van der Waals surface area contributed by atoms with Crippen molar-refractivity contribution in [3.05, 3.63) is 0 Å².